The average molecular weight is 535 g/mol. The van der Waals surface area contributed by atoms with Gasteiger partial charge in [-0.3, -0.25) is 19.1 Å². The van der Waals surface area contributed by atoms with Crippen molar-refractivity contribution in [2.75, 3.05) is 17.7 Å². The molecular weight excluding hydrogens is 508 g/mol. The minimum Gasteiger partial charge on any atom is -0.462 e. The second-order valence-corrected chi connectivity index (χ2v) is 9.39. The zero-order valence-corrected chi connectivity index (χ0v) is 21.8. The van der Waals surface area contributed by atoms with Crippen molar-refractivity contribution in [1.29, 1.82) is 0 Å². The molecule has 0 aliphatic rings. The van der Waals surface area contributed by atoms with Crippen LogP contribution in [0, 0.1) is 13.8 Å². The average Bonchev–Trinajstić information content (AvgIpc) is 3.26. The van der Waals surface area contributed by atoms with E-state index < -0.39 is 17.2 Å². The van der Waals surface area contributed by atoms with Gasteiger partial charge in [-0.2, -0.15) is 0 Å². The van der Waals surface area contributed by atoms with Crippen LogP contribution in [0.25, 0.3) is 5.69 Å². The minimum atomic E-state index is -0.605. The molecule has 2 aromatic heterocycles. The molecule has 12 heteroatoms. The van der Waals surface area contributed by atoms with Gasteiger partial charge in [0.15, 0.2) is 5.16 Å². The van der Waals surface area contributed by atoms with Gasteiger partial charge in [-0.05, 0) is 62.2 Å². The van der Waals surface area contributed by atoms with Crippen LogP contribution >= 0.6 is 11.8 Å². The van der Waals surface area contributed by atoms with Gasteiger partial charge < -0.3 is 15.0 Å². The number of rotatable bonds is 9. The van der Waals surface area contributed by atoms with Crippen LogP contribution in [0.5, 0.6) is 0 Å². The summed E-state index contributed by atoms with van der Waals surface area (Å²) < 4.78 is 6.80. The first kappa shape index (κ1) is 26.6. The third-order valence-corrected chi connectivity index (χ3v) is 6.41. The Morgan fingerprint density at radius 2 is 1.79 bits per heavy atom. The zero-order chi connectivity index (χ0) is 27.2. The molecule has 0 saturated carbocycles. The number of benzene rings is 2. The summed E-state index contributed by atoms with van der Waals surface area (Å²) in [5.74, 6) is -0.149. The molecule has 0 spiro atoms. The van der Waals surface area contributed by atoms with Crippen LogP contribution in [-0.4, -0.2) is 49.0 Å². The Labute approximate surface area is 221 Å². The van der Waals surface area contributed by atoms with E-state index >= 15 is 0 Å². The van der Waals surface area contributed by atoms with Crippen molar-refractivity contribution in [3.8, 4) is 5.69 Å². The lowest BCUT2D eigenvalue weighted by Gasteiger charge is -2.14. The fourth-order valence-electron chi connectivity index (χ4n) is 3.73. The largest absolute Gasteiger partial charge is 0.462 e. The fraction of sp³-hybridized carbons (Fsp3) is 0.231. The van der Waals surface area contributed by atoms with Gasteiger partial charge in [0.2, 0.25) is 5.91 Å². The summed E-state index contributed by atoms with van der Waals surface area (Å²) in [5.41, 5.74) is 3.02. The van der Waals surface area contributed by atoms with E-state index in [4.69, 9.17) is 4.74 Å². The topological polar surface area (TPSA) is 152 Å². The predicted octanol–water partition coefficient (Wildman–Crippen LogP) is 2.76. The molecule has 11 nitrogen and oxygen atoms in total. The van der Waals surface area contributed by atoms with E-state index in [1.54, 1.807) is 31.2 Å². The van der Waals surface area contributed by atoms with E-state index in [0.717, 1.165) is 16.8 Å². The SMILES string of the molecule is CCOC(=O)c1ccc(NC(=O)CSc2nnc(Cc3cc(=O)[nH]c(=O)[nH]3)n2-c2cc(C)ccc2C)cc1. The smallest absolute Gasteiger partial charge is 0.338 e. The molecule has 38 heavy (non-hydrogen) atoms. The molecular formula is C26H26N6O5S. The number of carbonyl (C=O) groups is 2. The number of carbonyl (C=O) groups excluding carboxylic acids is 2. The first-order chi connectivity index (χ1) is 18.2. The standard InChI is InChI=1S/C26H26N6O5S/c1-4-37-24(35)17-7-9-18(10-8-17)27-23(34)14-38-26-31-30-21(12-19-13-22(33)29-25(36)28-19)32(26)20-11-15(2)5-6-16(20)3/h5-11,13H,4,12,14H2,1-3H3,(H,27,34)(H2,28,29,33,36). The predicted molar refractivity (Wildman–Crippen MR) is 143 cm³/mol. The Hall–Kier alpha value is -4.45. The van der Waals surface area contributed by atoms with Crippen LogP contribution in [0.3, 0.4) is 0 Å². The third kappa shape index (κ3) is 6.45. The highest BCUT2D eigenvalue weighted by Crippen LogP contribution is 2.26. The van der Waals surface area contributed by atoms with Crippen molar-refractivity contribution in [2.45, 2.75) is 32.3 Å². The number of aryl methyl sites for hydroxylation is 2. The van der Waals surface area contributed by atoms with E-state index in [1.165, 1.54) is 17.8 Å². The molecule has 3 N–H and O–H groups in total. The van der Waals surface area contributed by atoms with Gasteiger partial charge in [-0.15, -0.1) is 10.2 Å². The Morgan fingerprint density at radius 1 is 1.03 bits per heavy atom. The van der Waals surface area contributed by atoms with Gasteiger partial charge in [0.25, 0.3) is 5.56 Å². The van der Waals surface area contributed by atoms with Crippen LogP contribution in [0.2, 0.25) is 0 Å². The molecule has 0 bridgehead atoms. The molecule has 0 fully saturated rings. The summed E-state index contributed by atoms with van der Waals surface area (Å²) >= 11 is 1.20. The number of aromatic nitrogens is 5. The summed E-state index contributed by atoms with van der Waals surface area (Å²) in [6, 6.07) is 13.7. The zero-order valence-electron chi connectivity index (χ0n) is 21.0. The number of H-pyrrole nitrogens is 2. The monoisotopic (exact) mass is 534 g/mol. The number of hydrogen-bond acceptors (Lipinski definition) is 8. The molecule has 0 aliphatic heterocycles. The molecule has 0 atom stereocenters. The number of amides is 1. The summed E-state index contributed by atoms with van der Waals surface area (Å²) in [7, 11) is 0. The molecule has 196 valence electrons. The number of thioether (sulfide) groups is 1. The van der Waals surface area contributed by atoms with E-state index in [-0.39, 0.29) is 24.7 Å². The molecule has 0 saturated heterocycles. The van der Waals surface area contributed by atoms with E-state index in [0.29, 0.717) is 27.9 Å². The summed E-state index contributed by atoms with van der Waals surface area (Å²) in [6.45, 7) is 5.94. The Morgan fingerprint density at radius 3 is 2.50 bits per heavy atom. The maximum absolute atomic E-state index is 12.7. The molecule has 4 aromatic rings. The minimum absolute atomic E-state index is 0.0461. The van der Waals surface area contributed by atoms with Gasteiger partial charge in [-0.25, -0.2) is 9.59 Å². The molecule has 2 aromatic carbocycles. The lowest BCUT2D eigenvalue weighted by molar-refractivity contribution is -0.113. The maximum atomic E-state index is 12.7. The van der Waals surface area contributed by atoms with Crippen molar-refractivity contribution in [3.63, 3.8) is 0 Å². The number of nitrogens with zero attached hydrogens (tertiary/aromatic N) is 3. The third-order valence-electron chi connectivity index (χ3n) is 5.48. The highest BCUT2D eigenvalue weighted by molar-refractivity contribution is 7.99. The lowest BCUT2D eigenvalue weighted by Crippen LogP contribution is -2.23. The Kier molecular flexibility index (Phi) is 8.22. The second kappa shape index (κ2) is 11.7. The number of esters is 1. The Bertz CT molecular complexity index is 1560. The maximum Gasteiger partial charge on any atom is 0.338 e. The molecule has 0 aliphatic carbocycles. The van der Waals surface area contributed by atoms with Gasteiger partial charge in [0, 0.05) is 23.9 Å². The molecule has 4 rings (SSSR count). The number of anilines is 1. The first-order valence-electron chi connectivity index (χ1n) is 11.8. The number of aromatic amines is 2. The summed E-state index contributed by atoms with van der Waals surface area (Å²) in [5, 5.41) is 11.9. The van der Waals surface area contributed by atoms with Crippen molar-refractivity contribution >= 4 is 29.3 Å². The van der Waals surface area contributed by atoms with Gasteiger partial charge in [0.1, 0.15) is 5.82 Å². The number of nitrogens with one attached hydrogen (secondary N) is 3. The molecule has 2 heterocycles. The second-order valence-electron chi connectivity index (χ2n) is 8.45. The van der Waals surface area contributed by atoms with Crippen molar-refractivity contribution < 1.29 is 14.3 Å². The van der Waals surface area contributed by atoms with Crippen molar-refractivity contribution in [2.24, 2.45) is 0 Å². The number of ether oxygens (including phenoxy) is 1. The van der Waals surface area contributed by atoms with Crippen LogP contribution < -0.4 is 16.6 Å². The van der Waals surface area contributed by atoms with Gasteiger partial charge in [0.05, 0.1) is 23.6 Å². The van der Waals surface area contributed by atoms with Crippen molar-refractivity contribution in [1.82, 2.24) is 24.7 Å². The highest BCUT2D eigenvalue weighted by atomic mass is 32.2. The highest BCUT2D eigenvalue weighted by Gasteiger charge is 2.19. The lowest BCUT2D eigenvalue weighted by atomic mass is 10.1. The molecule has 0 radical (unpaired) electrons. The van der Waals surface area contributed by atoms with E-state index in [2.05, 4.69) is 25.5 Å². The molecule has 0 unspecified atom stereocenters. The van der Waals surface area contributed by atoms with Crippen molar-refractivity contribution in [3.05, 3.63) is 97.6 Å². The summed E-state index contributed by atoms with van der Waals surface area (Å²) in [4.78, 5) is 52.8. The fourth-order valence-corrected chi connectivity index (χ4v) is 4.49. The first-order valence-corrected chi connectivity index (χ1v) is 12.8. The van der Waals surface area contributed by atoms with Crippen LogP contribution in [-0.2, 0) is 16.0 Å². The quantitative estimate of drug-likeness (QED) is 0.219. The Balaban J connectivity index is 1.55. The van der Waals surface area contributed by atoms with Crippen LogP contribution in [0.4, 0.5) is 5.69 Å². The van der Waals surface area contributed by atoms with Crippen LogP contribution in [0.1, 0.15) is 39.9 Å². The summed E-state index contributed by atoms with van der Waals surface area (Å²) in [6.07, 6.45) is 0.152. The van der Waals surface area contributed by atoms with E-state index in [1.807, 2.05) is 36.6 Å². The molecule has 1 amide bonds. The van der Waals surface area contributed by atoms with E-state index in [9.17, 15) is 19.2 Å². The normalized spacial score (nSPS) is 10.8. The van der Waals surface area contributed by atoms with Gasteiger partial charge in [-0.1, -0.05) is 23.9 Å². The number of hydrogen-bond donors (Lipinski definition) is 3. The van der Waals surface area contributed by atoms with Gasteiger partial charge >= 0.3 is 11.7 Å². The van der Waals surface area contributed by atoms with Crippen LogP contribution in [0.15, 0.2) is 63.3 Å².